The lowest BCUT2D eigenvalue weighted by Crippen LogP contribution is -2.41. The Morgan fingerprint density at radius 1 is 1.39 bits per heavy atom. The molecule has 2 atom stereocenters. The minimum absolute atomic E-state index is 0.643. The van der Waals surface area contributed by atoms with Crippen LogP contribution in [-0.4, -0.2) is 24.1 Å². The van der Waals surface area contributed by atoms with Crippen molar-refractivity contribution in [3.8, 4) is 0 Å². The van der Waals surface area contributed by atoms with Gasteiger partial charge in [-0.25, -0.2) is 4.98 Å². The second-order valence-electron chi connectivity index (χ2n) is 5.28. The van der Waals surface area contributed by atoms with E-state index in [2.05, 4.69) is 48.1 Å². The van der Waals surface area contributed by atoms with Crippen LogP contribution in [0.4, 0.5) is 11.5 Å². The van der Waals surface area contributed by atoms with Crippen molar-refractivity contribution < 1.29 is 0 Å². The highest BCUT2D eigenvalue weighted by molar-refractivity contribution is 5.54. The van der Waals surface area contributed by atoms with Crippen LogP contribution in [0.15, 0.2) is 18.3 Å². The first-order valence-corrected chi connectivity index (χ1v) is 7.21. The van der Waals surface area contributed by atoms with E-state index in [9.17, 15) is 0 Å². The summed E-state index contributed by atoms with van der Waals surface area (Å²) < 4.78 is 0. The zero-order valence-electron chi connectivity index (χ0n) is 11.8. The van der Waals surface area contributed by atoms with Crippen LogP contribution >= 0.6 is 0 Å². The van der Waals surface area contributed by atoms with Gasteiger partial charge in [-0.1, -0.05) is 13.3 Å². The molecule has 0 spiro atoms. The minimum Gasteiger partial charge on any atom is -0.370 e. The summed E-state index contributed by atoms with van der Waals surface area (Å²) in [6.45, 7) is 8.84. The number of pyridine rings is 1. The lowest BCUT2D eigenvalue weighted by molar-refractivity contribution is 0.359. The fourth-order valence-electron chi connectivity index (χ4n) is 2.75. The summed E-state index contributed by atoms with van der Waals surface area (Å²) in [5, 5.41) is 3.29. The third-order valence-corrected chi connectivity index (χ3v) is 3.99. The monoisotopic (exact) mass is 247 g/mol. The fourth-order valence-corrected chi connectivity index (χ4v) is 2.75. The molecule has 0 amide bonds. The molecule has 1 fully saturated rings. The van der Waals surface area contributed by atoms with Crippen LogP contribution in [0.2, 0.25) is 0 Å². The summed E-state index contributed by atoms with van der Waals surface area (Å²) >= 11 is 0. The Balaban J connectivity index is 2.15. The quantitative estimate of drug-likeness (QED) is 0.882. The summed E-state index contributed by atoms with van der Waals surface area (Å²) in [7, 11) is 0. The van der Waals surface area contributed by atoms with Gasteiger partial charge in [-0.2, -0.15) is 0 Å². The second-order valence-corrected chi connectivity index (χ2v) is 5.28. The third-order valence-electron chi connectivity index (χ3n) is 3.99. The van der Waals surface area contributed by atoms with Gasteiger partial charge < -0.3 is 10.2 Å². The number of piperidine rings is 1. The Morgan fingerprint density at radius 3 is 2.94 bits per heavy atom. The molecule has 2 unspecified atom stereocenters. The molecular formula is C15H25N3. The molecule has 2 heterocycles. The molecule has 3 nitrogen and oxygen atoms in total. The highest BCUT2D eigenvalue weighted by Crippen LogP contribution is 2.29. The molecular weight excluding hydrogens is 222 g/mol. The molecule has 0 radical (unpaired) electrons. The van der Waals surface area contributed by atoms with Crippen LogP contribution in [-0.2, 0) is 0 Å². The Bertz CT molecular complexity index is 378. The zero-order valence-corrected chi connectivity index (χ0v) is 11.8. The van der Waals surface area contributed by atoms with E-state index in [0.717, 1.165) is 18.3 Å². The molecule has 1 aliphatic heterocycles. The van der Waals surface area contributed by atoms with Crippen molar-refractivity contribution in [2.24, 2.45) is 5.92 Å². The lowest BCUT2D eigenvalue weighted by atomic mass is 9.91. The smallest absolute Gasteiger partial charge is 0.127 e. The molecule has 1 aliphatic rings. The van der Waals surface area contributed by atoms with Crippen molar-refractivity contribution in [1.29, 1.82) is 0 Å². The fraction of sp³-hybridized carbons (Fsp3) is 0.667. The van der Waals surface area contributed by atoms with Gasteiger partial charge in [0, 0.05) is 37.1 Å². The number of rotatable bonds is 4. The summed E-state index contributed by atoms with van der Waals surface area (Å²) in [6.07, 6.45) is 5.88. The van der Waals surface area contributed by atoms with Gasteiger partial charge in [0.05, 0.1) is 0 Å². The molecule has 2 rings (SSSR count). The molecule has 1 aromatic heterocycles. The molecule has 0 bridgehead atoms. The van der Waals surface area contributed by atoms with Gasteiger partial charge in [-0.15, -0.1) is 0 Å². The van der Waals surface area contributed by atoms with Crippen LogP contribution in [0, 0.1) is 5.92 Å². The predicted octanol–water partition coefficient (Wildman–Crippen LogP) is 3.53. The van der Waals surface area contributed by atoms with Crippen molar-refractivity contribution in [2.75, 3.05) is 23.3 Å². The van der Waals surface area contributed by atoms with E-state index in [1.54, 1.807) is 0 Å². The predicted molar refractivity (Wildman–Crippen MR) is 78.2 cm³/mol. The first-order chi connectivity index (χ1) is 8.74. The average Bonchev–Trinajstić information content (AvgIpc) is 2.40. The molecule has 1 N–H and O–H groups in total. The maximum atomic E-state index is 4.35. The maximum Gasteiger partial charge on any atom is 0.127 e. The normalized spacial score (nSPS) is 24.1. The van der Waals surface area contributed by atoms with Crippen LogP contribution in [0.25, 0.3) is 0 Å². The Morgan fingerprint density at radius 2 is 2.22 bits per heavy atom. The third kappa shape index (κ3) is 2.95. The molecule has 0 saturated carbocycles. The van der Waals surface area contributed by atoms with Crippen LogP contribution in [0.1, 0.15) is 40.0 Å². The summed E-state index contributed by atoms with van der Waals surface area (Å²) in [5.41, 5.74) is 1.31. The molecule has 0 aromatic carbocycles. The molecule has 1 saturated heterocycles. The first-order valence-electron chi connectivity index (χ1n) is 7.21. The molecule has 18 heavy (non-hydrogen) atoms. The molecule has 0 aliphatic carbocycles. The number of nitrogens with zero attached hydrogens (tertiary/aromatic N) is 2. The van der Waals surface area contributed by atoms with E-state index >= 15 is 0 Å². The number of hydrogen-bond acceptors (Lipinski definition) is 3. The van der Waals surface area contributed by atoms with Crippen molar-refractivity contribution in [1.82, 2.24) is 4.98 Å². The number of anilines is 2. The SMILES string of the molecule is CCNc1cc(N2CC(CC)CCC2C)ccn1. The van der Waals surface area contributed by atoms with Gasteiger partial charge in [0.25, 0.3) is 0 Å². The van der Waals surface area contributed by atoms with E-state index in [-0.39, 0.29) is 0 Å². The zero-order chi connectivity index (χ0) is 13.0. The molecule has 1 aromatic rings. The van der Waals surface area contributed by atoms with Gasteiger partial charge in [0.1, 0.15) is 5.82 Å². The van der Waals surface area contributed by atoms with Crippen molar-refractivity contribution in [3.63, 3.8) is 0 Å². The first kappa shape index (κ1) is 13.2. The number of nitrogens with one attached hydrogen (secondary N) is 1. The van der Waals surface area contributed by atoms with Crippen molar-refractivity contribution in [3.05, 3.63) is 18.3 Å². The van der Waals surface area contributed by atoms with Crippen LogP contribution < -0.4 is 10.2 Å². The van der Waals surface area contributed by atoms with E-state index in [0.29, 0.717) is 6.04 Å². The Kier molecular flexibility index (Phi) is 4.45. The molecule has 3 heteroatoms. The van der Waals surface area contributed by atoms with E-state index < -0.39 is 0 Å². The summed E-state index contributed by atoms with van der Waals surface area (Å²) in [5.74, 6) is 1.83. The largest absolute Gasteiger partial charge is 0.370 e. The highest BCUT2D eigenvalue weighted by atomic mass is 15.2. The maximum absolute atomic E-state index is 4.35. The highest BCUT2D eigenvalue weighted by Gasteiger charge is 2.24. The molecule has 100 valence electrons. The lowest BCUT2D eigenvalue weighted by Gasteiger charge is -2.39. The van der Waals surface area contributed by atoms with E-state index in [1.165, 1.54) is 31.5 Å². The minimum atomic E-state index is 0.643. The van der Waals surface area contributed by atoms with Gasteiger partial charge in [0.15, 0.2) is 0 Å². The van der Waals surface area contributed by atoms with Crippen LogP contribution in [0.3, 0.4) is 0 Å². The van der Waals surface area contributed by atoms with Gasteiger partial charge in [-0.3, -0.25) is 0 Å². The van der Waals surface area contributed by atoms with Gasteiger partial charge in [-0.05, 0) is 38.7 Å². The Hall–Kier alpha value is -1.25. The second kappa shape index (κ2) is 6.07. The number of hydrogen-bond donors (Lipinski definition) is 1. The van der Waals surface area contributed by atoms with Gasteiger partial charge in [0.2, 0.25) is 0 Å². The van der Waals surface area contributed by atoms with E-state index in [4.69, 9.17) is 0 Å². The van der Waals surface area contributed by atoms with Crippen molar-refractivity contribution in [2.45, 2.75) is 46.1 Å². The van der Waals surface area contributed by atoms with Gasteiger partial charge >= 0.3 is 0 Å². The van der Waals surface area contributed by atoms with Crippen LogP contribution in [0.5, 0.6) is 0 Å². The average molecular weight is 247 g/mol. The summed E-state index contributed by atoms with van der Waals surface area (Å²) in [6, 6.07) is 4.96. The van der Waals surface area contributed by atoms with E-state index in [1.807, 2.05) is 6.20 Å². The number of aromatic nitrogens is 1. The Labute approximate surface area is 111 Å². The standard InChI is InChI=1S/C15H25N3/c1-4-13-7-6-12(3)18(11-13)14-8-9-17-15(10-14)16-5-2/h8-10,12-13H,4-7,11H2,1-3H3,(H,16,17). The summed E-state index contributed by atoms with van der Waals surface area (Å²) in [4.78, 5) is 6.89. The van der Waals surface area contributed by atoms with Crippen molar-refractivity contribution >= 4 is 11.5 Å². The topological polar surface area (TPSA) is 28.2 Å².